The second-order valence-corrected chi connectivity index (χ2v) is 7.27. The van der Waals surface area contributed by atoms with E-state index in [0.717, 1.165) is 11.6 Å². The van der Waals surface area contributed by atoms with E-state index in [2.05, 4.69) is 15.6 Å². The molecule has 0 unspecified atom stereocenters. The molecule has 30 heavy (non-hydrogen) atoms. The van der Waals surface area contributed by atoms with Crippen molar-refractivity contribution >= 4 is 22.6 Å². The molecule has 10 heteroatoms. The van der Waals surface area contributed by atoms with Crippen molar-refractivity contribution in [2.24, 2.45) is 0 Å². The molecule has 0 radical (unpaired) electrons. The van der Waals surface area contributed by atoms with Gasteiger partial charge in [0.25, 0.3) is 0 Å². The van der Waals surface area contributed by atoms with Gasteiger partial charge in [-0.2, -0.15) is 13.2 Å². The molecule has 1 fully saturated rings. The molecule has 1 N–H and O–H groups in total. The zero-order valence-corrected chi connectivity index (χ0v) is 15.9. The number of likely N-dealkylation sites (tertiary alicyclic amines) is 1. The van der Waals surface area contributed by atoms with Gasteiger partial charge in [0.15, 0.2) is 0 Å². The van der Waals surface area contributed by atoms with E-state index in [4.69, 9.17) is 0 Å². The second-order valence-electron chi connectivity index (χ2n) is 7.27. The number of nitrogens with zero attached hydrogens (tertiary/aromatic N) is 4. The summed E-state index contributed by atoms with van der Waals surface area (Å²) in [6.45, 7) is 1.17. The van der Waals surface area contributed by atoms with Crippen molar-refractivity contribution in [1.29, 1.82) is 0 Å². The minimum atomic E-state index is -4.54. The fraction of sp³-hybridized carbons (Fsp3) is 0.350. The lowest BCUT2D eigenvalue weighted by molar-refractivity contribution is -0.137. The van der Waals surface area contributed by atoms with Crippen LogP contribution in [0.2, 0.25) is 0 Å². The summed E-state index contributed by atoms with van der Waals surface area (Å²) in [5, 5.41) is 10.5. The van der Waals surface area contributed by atoms with Crippen LogP contribution in [-0.2, 0) is 11.0 Å². The van der Waals surface area contributed by atoms with Crippen LogP contribution >= 0.6 is 0 Å². The first-order chi connectivity index (χ1) is 14.3. The molecule has 2 aromatic carbocycles. The molecule has 0 atom stereocenters. The van der Waals surface area contributed by atoms with Crippen molar-refractivity contribution in [3.05, 3.63) is 53.8 Å². The van der Waals surface area contributed by atoms with Gasteiger partial charge in [-0.25, -0.2) is 9.07 Å². The van der Waals surface area contributed by atoms with E-state index in [-0.39, 0.29) is 24.1 Å². The van der Waals surface area contributed by atoms with E-state index in [9.17, 15) is 22.4 Å². The summed E-state index contributed by atoms with van der Waals surface area (Å²) in [4.78, 5) is 14.2. The van der Waals surface area contributed by atoms with Crippen LogP contribution in [0.25, 0.3) is 11.0 Å². The highest BCUT2D eigenvalue weighted by molar-refractivity contribution is 5.93. The number of hydrogen-bond acceptors (Lipinski definition) is 4. The van der Waals surface area contributed by atoms with Gasteiger partial charge < -0.3 is 5.32 Å². The third-order valence-electron chi connectivity index (χ3n) is 5.21. The molecular weight excluding hydrogens is 402 g/mol. The Hall–Kier alpha value is -3.01. The summed E-state index contributed by atoms with van der Waals surface area (Å²) < 4.78 is 54.3. The van der Waals surface area contributed by atoms with Gasteiger partial charge in [-0.05, 0) is 37.1 Å². The van der Waals surface area contributed by atoms with Gasteiger partial charge in [0.1, 0.15) is 11.3 Å². The number of amides is 1. The summed E-state index contributed by atoms with van der Waals surface area (Å²) in [6, 6.07) is 9.31. The van der Waals surface area contributed by atoms with Crippen molar-refractivity contribution in [2.75, 3.05) is 25.0 Å². The van der Waals surface area contributed by atoms with Gasteiger partial charge in [0.05, 0.1) is 29.4 Å². The normalized spacial score (nSPS) is 16.1. The van der Waals surface area contributed by atoms with E-state index >= 15 is 0 Å². The monoisotopic (exact) mass is 421 g/mol. The van der Waals surface area contributed by atoms with E-state index in [1.54, 1.807) is 10.7 Å². The van der Waals surface area contributed by atoms with Crippen LogP contribution in [0.4, 0.5) is 23.2 Å². The maximum absolute atomic E-state index is 13.3. The molecule has 158 valence electrons. The highest BCUT2D eigenvalue weighted by Gasteiger charge is 2.33. The van der Waals surface area contributed by atoms with Gasteiger partial charge in [0.2, 0.25) is 5.91 Å². The SMILES string of the molecule is O=C(CN1CCC(n2nnc3cc(F)ccc32)CC1)Nc1ccccc1C(F)(F)F. The molecule has 3 aromatic rings. The Kier molecular flexibility index (Phi) is 5.42. The maximum atomic E-state index is 13.3. The first-order valence-electron chi connectivity index (χ1n) is 9.50. The topological polar surface area (TPSA) is 63.1 Å². The lowest BCUT2D eigenvalue weighted by Gasteiger charge is -2.31. The summed E-state index contributed by atoms with van der Waals surface area (Å²) >= 11 is 0. The Labute approximate surface area is 169 Å². The van der Waals surface area contributed by atoms with Crippen LogP contribution in [0.15, 0.2) is 42.5 Å². The molecule has 0 saturated carbocycles. The fourth-order valence-corrected chi connectivity index (χ4v) is 3.74. The van der Waals surface area contributed by atoms with E-state index in [0.29, 0.717) is 31.4 Å². The maximum Gasteiger partial charge on any atom is 0.418 e. The van der Waals surface area contributed by atoms with Crippen LogP contribution < -0.4 is 5.32 Å². The average molecular weight is 421 g/mol. The smallest absolute Gasteiger partial charge is 0.324 e. The minimum absolute atomic E-state index is 0.00221. The minimum Gasteiger partial charge on any atom is -0.324 e. The Morgan fingerprint density at radius 1 is 1.13 bits per heavy atom. The van der Waals surface area contributed by atoms with Crippen LogP contribution in [-0.4, -0.2) is 45.4 Å². The van der Waals surface area contributed by atoms with Crippen LogP contribution in [0.5, 0.6) is 0 Å². The number of fused-ring (bicyclic) bond motifs is 1. The number of nitrogens with one attached hydrogen (secondary N) is 1. The molecule has 0 aliphatic carbocycles. The molecule has 1 aliphatic heterocycles. The van der Waals surface area contributed by atoms with Crippen molar-refractivity contribution in [1.82, 2.24) is 19.9 Å². The zero-order chi connectivity index (χ0) is 21.3. The molecular formula is C20H19F4N5O. The highest BCUT2D eigenvalue weighted by atomic mass is 19.4. The van der Waals surface area contributed by atoms with E-state index in [1.807, 2.05) is 4.90 Å². The Balaban J connectivity index is 1.35. The molecule has 1 aromatic heterocycles. The van der Waals surface area contributed by atoms with E-state index in [1.165, 1.54) is 30.3 Å². The van der Waals surface area contributed by atoms with Crippen LogP contribution in [0.1, 0.15) is 24.4 Å². The number of aromatic nitrogens is 3. The molecule has 6 nitrogen and oxygen atoms in total. The quantitative estimate of drug-likeness (QED) is 0.650. The van der Waals surface area contributed by atoms with Gasteiger partial charge >= 0.3 is 6.18 Å². The number of piperidine rings is 1. The van der Waals surface area contributed by atoms with Crippen molar-refractivity contribution in [3.8, 4) is 0 Å². The standard InChI is InChI=1S/C20H19F4N5O/c21-13-5-6-18-17(11-13)26-27-29(18)14-7-9-28(10-8-14)12-19(30)25-16-4-2-1-3-15(16)20(22,23)24/h1-6,11,14H,7-10,12H2,(H,25,30). The summed E-state index contributed by atoms with van der Waals surface area (Å²) in [6.07, 6.45) is -3.14. The Morgan fingerprint density at radius 2 is 1.87 bits per heavy atom. The summed E-state index contributed by atoms with van der Waals surface area (Å²) in [5.41, 5.74) is 0.120. The number of carbonyl (C=O) groups is 1. The van der Waals surface area contributed by atoms with Gasteiger partial charge in [-0.3, -0.25) is 9.69 Å². The van der Waals surface area contributed by atoms with Gasteiger partial charge in [-0.1, -0.05) is 17.3 Å². The number of anilines is 1. The summed E-state index contributed by atoms with van der Waals surface area (Å²) in [5.74, 6) is -0.866. The third-order valence-corrected chi connectivity index (χ3v) is 5.21. The van der Waals surface area contributed by atoms with Gasteiger partial charge in [0, 0.05) is 19.2 Å². The number of rotatable bonds is 4. The largest absolute Gasteiger partial charge is 0.418 e. The average Bonchev–Trinajstić information content (AvgIpc) is 3.11. The number of alkyl halides is 3. The first kappa shape index (κ1) is 20.3. The number of benzene rings is 2. The number of para-hydroxylation sites is 1. The third kappa shape index (κ3) is 4.28. The molecule has 4 rings (SSSR count). The number of hydrogen-bond donors (Lipinski definition) is 1. The lowest BCUT2D eigenvalue weighted by atomic mass is 10.0. The van der Waals surface area contributed by atoms with Crippen molar-refractivity contribution in [2.45, 2.75) is 25.1 Å². The van der Waals surface area contributed by atoms with Crippen LogP contribution in [0.3, 0.4) is 0 Å². The van der Waals surface area contributed by atoms with Crippen molar-refractivity contribution in [3.63, 3.8) is 0 Å². The Bertz CT molecular complexity index is 1060. The predicted molar refractivity (Wildman–Crippen MR) is 102 cm³/mol. The first-order valence-corrected chi connectivity index (χ1v) is 9.50. The predicted octanol–water partition coefficient (Wildman–Crippen LogP) is 3.86. The molecule has 0 bridgehead atoms. The number of halogens is 4. The molecule has 0 spiro atoms. The molecule has 1 amide bonds. The van der Waals surface area contributed by atoms with Gasteiger partial charge in [-0.15, -0.1) is 5.10 Å². The van der Waals surface area contributed by atoms with Crippen LogP contribution in [0, 0.1) is 5.82 Å². The number of carbonyl (C=O) groups excluding carboxylic acids is 1. The lowest BCUT2D eigenvalue weighted by Crippen LogP contribution is -2.40. The zero-order valence-electron chi connectivity index (χ0n) is 15.9. The summed E-state index contributed by atoms with van der Waals surface area (Å²) in [7, 11) is 0. The van der Waals surface area contributed by atoms with E-state index < -0.39 is 17.6 Å². The highest BCUT2D eigenvalue weighted by Crippen LogP contribution is 2.34. The van der Waals surface area contributed by atoms with Crippen molar-refractivity contribution < 1.29 is 22.4 Å². The fourth-order valence-electron chi connectivity index (χ4n) is 3.74. The second kappa shape index (κ2) is 8.02. The molecule has 2 heterocycles. The molecule has 1 saturated heterocycles. The Morgan fingerprint density at radius 3 is 2.60 bits per heavy atom. The molecule has 1 aliphatic rings.